The number of rotatable bonds is 4. The Balaban J connectivity index is 1.86. The lowest BCUT2D eigenvalue weighted by Crippen LogP contribution is -1.99. The summed E-state index contributed by atoms with van der Waals surface area (Å²) in [6, 6.07) is 8.76. The van der Waals surface area contributed by atoms with Crippen molar-refractivity contribution >= 4 is 17.4 Å². The Hall–Kier alpha value is -1.42. The molecule has 0 bridgehead atoms. The van der Waals surface area contributed by atoms with E-state index in [1.165, 1.54) is 36.4 Å². The highest BCUT2D eigenvalue weighted by atomic mass is 32.1. The zero-order valence-electron chi connectivity index (χ0n) is 10.5. The van der Waals surface area contributed by atoms with Gasteiger partial charge in [0.15, 0.2) is 5.82 Å². The van der Waals surface area contributed by atoms with E-state index in [1.54, 1.807) is 0 Å². The van der Waals surface area contributed by atoms with Crippen molar-refractivity contribution in [2.24, 2.45) is 5.92 Å². The van der Waals surface area contributed by atoms with Crippen LogP contribution in [0.4, 0.5) is 5.82 Å². The standard InChI is InChI=1S/C14H17N3S/c1-2-12(9-3-4-9)10-5-7-11(8-6-10)13-14(15)16-17-18-13/h5-9,12H,2-4,15H2,1H3. The highest BCUT2D eigenvalue weighted by molar-refractivity contribution is 7.10. The fourth-order valence-electron chi connectivity index (χ4n) is 2.62. The molecule has 4 heteroatoms. The van der Waals surface area contributed by atoms with Crippen molar-refractivity contribution in [2.45, 2.75) is 32.1 Å². The number of nitrogen functional groups attached to an aromatic ring is 1. The highest BCUT2D eigenvalue weighted by Gasteiger charge is 2.30. The molecule has 0 aliphatic heterocycles. The molecule has 1 aromatic heterocycles. The molecule has 3 rings (SSSR count). The van der Waals surface area contributed by atoms with Crippen molar-refractivity contribution in [1.82, 2.24) is 9.59 Å². The second-order valence-electron chi connectivity index (χ2n) is 4.96. The van der Waals surface area contributed by atoms with Crippen LogP contribution in [0.15, 0.2) is 24.3 Å². The van der Waals surface area contributed by atoms with Gasteiger partial charge in [0, 0.05) is 0 Å². The lowest BCUT2D eigenvalue weighted by molar-refractivity contribution is 0.587. The number of nitrogens with two attached hydrogens (primary N) is 1. The van der Waals surface area contributed by atoms with Gasteiger partial charge in [-0.3, -0.25) is 0 Å². The van der Waals surface area contributed by atoms with Crippen molar-refractivity contribution in [1.29, 1.82) is 0 Å². The number of hydrogen-bond acceptors (Lipinski definition) is 4. The molecule has 1 heterocycles. The molecule has 3 nitrogen and oxygen atoms in total. The number of nitrogens with zero attached hydrogens (tertiary/aromatic N) is 2. The fraction of sp³-hybridized carbons (Fsp3) is 0.429. The molecular weight excluding hydrogens is 242 g/mol. The number of hydrogen-bond donors (Lipinski definition) is 1. The van der Waals surface area contributed by atoms with E-state index in [0.29, 0.717) is 5.82 Å². The number of benzene rings is 1. The molecule has 18 heavy (non-hydrogen) atoms. The summed E-state index contributed by atoms with van der Waals surface area (Å²) in [5.74, 6) is 2.17. The molecule has 1 saturated carbocycles. The third-order valence-electron chi connectivity index (χ3n) is 3.75. The minimum absolute atomic E-state index is 0.530. The minimum Gasteiger partial charge on any atom is -0.381 e. The average molecular weight is 259 g/mol. The van der Waals surface area contributed by atoms with E-state index in [1.807, 2.05) is 0 Å². The summed E-state index contributed by atoms with van der Waals surface area (Å²) >= 11 is 1.36. The zero-order chi connectivity index (χ0) is 12.5. The van der Waals surface area contributed by atoms with Crippen molar-refractivity contribution in [3.05, 3.63) is 29.8 Å². The van der Waals surface area contributed by atoms with Crippen LogP contribution in [-0.4, -0.2) is 9.59 Å². The molecule has 2 N–H and O–H groups in total. The van der Waals surface area contributed by atoms with Crippen molar-refractivity contribution in [3.63, 3.8) is 0 Å². The monoisotopic (exact) mass is 259 g/mol. The van der Waals surface area contributed by atoms with E-state index in [4.69, 9.17) is 5.73 Å². The molecule has 1 aliphatic carbocycles. The minimum atomic E-state index is 0.530. The predicted octanol–water partition coefficient (Wildman–Crippen LogP) is 3.69. The van der Waals surface area contributed by atoms with E-state index in [9.17, 15) is 0 Å². The Kier molecular flexibility index (Phi) is 3.04. The lowest BCUT2D eigenvalue weighted by Gasteiger charge is -2.14. The maximum atomic E-state index is 5.79. The van der Waals surface area contributed by atoms with Gasteiger partial charge in [-0.15, -0.1) is 5.10 Å². The highest BCUT2D eigenvalue weighted by Crippen LogP contribution is 2.44. The van der Waals surface area contributed by atoms with Gasteiger partial charge in [0.25, 0.3) is 0 Å². The first-order chi connectivity index (χ1) is 8.79. The van der Waals surface area contributed by atoms with Crippen LogP contribution in [0, 0.1) is 5.92 Å². The number of anilines is 1. The van der Waals surface area contributed by atoms with Gasteiger partial charge in [0.05, 0.1) is 4.88 Å². The Morgan fingerprint density at radius 3 is 2.56 bits per heavy atom. The van der Waals surface area contributed by atoms with Crippen LogP contribution in [0.5, 0.6) is 0 Å². The third-order valence-corrected chi connectivity index (χ3v) is 4.54. The van der Waals surface area contributed by atoms with Crippen LogP contribution in [-0.2, 0) is 0 Å². The zero-order valence-corrected chi connectivity index (χ0v) is 11.3. The maximum absolute atomic E-state index is 5.79. The van der Waals surface area contributed by atoms with Crippen LogP contribution >= 0.6 is 11.5 Å². The Bertz CT molecular complexity index is 528. The van der Waals surface area contributed by atoms with Gasteiger partial charge in [-0.05, 0) is 53.8 Å². The Labute approximate surface area is 111 Å². The van der Waals surface area contributed by atoms with Gasteiger partial charge >= 0.3 is 0 Å². The van der Waals surface area contributed by atoms with Crippen molar-refractivity contribution < 1.29 is 0 Å². The molecule has 94 valence electrons. The fourth-order valence-corrected chi connectivity index (χ4v) is 3.21. The Morgan fingerprint density at radius 1 is 1.33 bits per heavy atom. The molecule has 0 spiro atoms. The van der Waals surface area contributed by atoms with Gasteiger partial charge in [0.2, 0.25) is 0 Å². The lowest BCUT2D eigenvalue weighted by atomic mass is 9.91. The van der Waals surface area contributed by atoms with Gasteiger partial charge in [-0.1, -0.05) is 35.7 Å². The molecular formula is C14H17N3S. The normalized spacial score (nSPS) is 16.7. The molecule has 1 aliphatic rings. The summed E-state index contributed by atoms with van der Waals surface area (Å²) in [7, 11) is 0. The third kappa shape index (κ3) is 2.12. The van der Waals surface area contributed by atoms with Gasteiger partial charge in [0.1, 0.15) is 0 Å². The first kappa shape index (κ1) is 11.7. The first-order valence-corrected chi connectivity index (χ1v) is 7.25. The Morgan fingerprint density at radius 2 is 2.06 bits per heavy atom. The molecule has 1 fully saturated rings. The molecule has 0 saturated heterocycles. The molecule has 1 unspecified atom stereocenters. The smallest absolute Gasteiger partial charge is 0.166 e. The van der Waals surface area contributed by atoms with E-state index < -0.39 is 0 Å². The molecule has 0 amide bonds. The van der Waals surface area contributed by atoms with E-state index >= 15 is 0 Å². The topological polar surface area (TPSA) is 51.8 Å². The summed E-state index contributed by atoms with van der Waals surface area (Å²) in [6.45, 7) is 2.28. The maximum Gasteiger partial charge on any atom is 0.166 e. The van der Waals surface area contributed by atoms with Crippen LogP contribution < -0.4 is 5.73 Å². The second-order valence-corrected chi connectivity index (χ2v) is 5.72. The summed E-state index contributed by atoms with van der Waals surface area (Å²) in [5.41, 5.74) is 8.37. The molecule has 1 aromatic carbocycles. The van der Waals surface area contributed by atoms with E-state index in [0.717, 1.165) is 22.3 Å². The van der Waals surface area contributed by atoms with Crippen LogP contribution in [0.3, 0.4) is 0 Å². The summed E-state index contributed by atoms with van der Waals surface area (Å²) < 4.78 is 3.88. The molecule has 1 atom stereocenters. The van der Waals surface area contributed by atoms with Crippen LogP contribution in [0.25, 0.3) is 10.4 Å². The molecule has 2 aromatic rings. The quantitative estimate of drug-likeness (QED) is 0.911. The van der Waals surface area contributed by atoms with Crippen molar-refractivity contribution in [3.8, 4) is 10.4 Å². The summed E-state index contributed by atoms with van der Waals surface area (Å²) in [4.78, 5) is 0.973. The second kappa shape index (κ2) is 4.69. The van der Waals surface area contributed by atoms with E-state index in [-0.39, 0.29) is 0 Å². The number of aromatic nitrogens is 2. The van der Waals surface area contributed by atoms with Gasteiger partial charge < -0.3 is 5.73 Å². The van der Waals surface area contributed by atoms with Crippen LogP contribution in [0.2, 0.25) is 0 Å². The first-order valence-electron chi connectivity index (χ1n) is 6.47. The van der Waals surface area contributed by atoms with E-state index in [2.05, 4.69) is 40.8 Å². The van der Waals surface area contributed by atoms with Crippen LogP contribution in [0.1, 0.15) is 37.7 Å². The SMILES string of the molecule is CCC(c1ccc(-c2snnc2N)cc1)C1CC1. The summed E-state index contributed by atoms with van der Waals surface area (Å²) in [6.07, 6.45) is 4.02. The van der Waals surface area contributed by atoms with Gasteiger partial charge in [-0.25, -0.2) is 0 Å². The van der Waals surface area contributed by atoms with Gasteiger partial charge in [-0.2, -0.15) is 0 Å². The largest absolute Gasteiger partial charge is 0.381 e. The summed E-state index contributed by atoms with van der Waals surface area (Å²) in [5, 5.41) is 3.85. The molecule has 0 radical (unpaired) electrons. The predicted molar refractivity (Wildman–Crippen MR) is 75.5 cm³/mol. The average Bonchev–Trinajstić information content (AvgIpc) is 3.13. The van der Waals surface area contributed by atoms with Crippen molar-refractivity contribution in [2.75, 3.05) is 5.73 Å².